The minimum Gasteiger partial charge on any atom is -0.370 e. The molecule has 1 N–H and O–H groups in total. The van der Waals surface area contributed by atoms with E-state index in [9.17, 15) is 0 Å². The molecule has 84 valence electrons. The largest absolute Gasteiger partial charge is 0.370 e. The number of pyridine rings is 1. The summed E-state index contributed by atoms with van der Waals surface area (Å²) in [5.74, 6) is 0.898. The maximum atomic E-state index is 6.14. The van der Waals surface area contributed by atoms with Crippen LogP contribution in [0.2, 0.25) is 5.02 Å². The van der Waals surface area contributed by atoms with Gasteiger partial charge < -0.3 is 5.32 Å². The molecule has 1 aromatic heterocycles. The van der Waals surface area contributed by atoms with Gasteiger partial charge in [-0.25, -0.2) is 4.98 Å². The van der Waals surface area contributed by atoms with E-state index in [1.54, 1.807) is 0 Å². The molecule has 0 unspecified atom stereocenters. The van der Waals surface area contributed by atoms with Gasteiger partial charge in [-0.05, 0) is 37.6 Å². The van der Waals surface area contributed by atoms with Gasteiger partial charge in [0.25, 0.3) is 0 Å². The lowest BCUT2D eigenvalue weighted by Gasteiger charge is -2.10. The summed E-state index contributed by atoms with van der Waals surface area (Å²) in [6.07, 6.45) is 0. The second kappa shape index (κ2) is 4.60. The van der Waals surface area contributed by atoms with Crippen LogP contribution in [0.4, 0.5) is 5.82 Å². The third-order valence-electron chi connectivity index (χ3n) is 2.42. The molecule has 1 aromatic carbocycles. The van der Waals surface area contributed by atoms with Gasteiger partial charge in [0.1, 0.15) is 5.82 Å². The number of benzene rings is 1. The lowest BCUT2D eigenvalue weighted by molar-refractivity contribution is 1.16. The zero-order valence-electron chi connectivity index (χ0n) is 9.14. The van der Waals surface area contributed by atoms with Gasteiger partial charge in [-0.3, -0.25) is 0 Å². The van der Waals surface area contributed by atoms with Crippen LogP contribution in [0, 0.1) is 6.92 Å². The van der Waals surface area contributed by atoms with Crippen molar-refractivity contribution in [2.75, 3.05) is 11.9 Å². The number of hydrogen-bond acceptors (Lipinski definition) is 2. The number of nitrogens with zero attached hydrogens (tertiary/aromatic N) is 1. The first-order chi connectivity index (χ1) is 7.63. The Balaban J connectivity index is 2.73. The van der Waals surface area contributed by atoms with Gasteiger partial charge in [0.15, 0.2) is 0 Å². The molecule has 0 amide bonds. The van der Waals surface area contributed by atoms with E-state index in [1.807, 2.05) is 26.0 Å². The first-order valence-electron chi connectivity index (χ1n) is 5.12. The van der Waals surface area contributed by atoms with E-state index in [4.69, 9.17) is 11.6 Å². The Morgan fingerprint density at radius 3 is 2.88 bits per heavy atom. The van der Waals surface area contributed by atoms with Crippen molar-refractivity contribution in [2.24, 2.45) is 0 Å². The normalized spacial score (nSPS) is 10.8. The molecule has 2 aromatic rings. The molecule has 0 aliphatic rings. The highest BCUT2D eigenvalue weighted by Crippen LogP contribution is 2.31. The molecule has 2 rings (SSSR count). The van der Waals surface area contributed by atoms with Crippen LogP contribution >= 0.6 is 27.5 Å². The zero-order valence-corrected chi connectivity index (χ0v) is 11.5. The lowest BCUT2D eigenvalue weighted by Crippen LogP contribution is -2.01. The van der Waals surface area contributed by atoms with Crippen molar-refractivity contribution in [1.82, 2.24) is 4.98 Å². The second-order valence-electron chi connectivity index (χ2n) is 3.61. The SMILES string of the molecule is CCNc1nc2c(Cl)ccc(Br)c2cc1C. The maximum absolute atomic E-state index is 6.14. The summed E-state index contributed by atoms with van der Waals surface area (Å²) in [6.45, 7) is 4.94. The van der Waals surface area contributed by atoms with Crippen molar-refractivity contribution in [3.8, 4) is 0 Å². The van der Waals surface area contributed by atoms with Crippen molar-refractivity contribution < 1.29 is 0 Å². The van der Waals surface area contributed by atoms with Crippen LogP contribution < -0.4 is 5.32 Å². The molecule has 0 aliphatic carbocycles. The monoisotopic (exact) mass is 298 g/mol. The minimum absolute atomic E-state index is 0.678. The van der Waals surface area contributed by atoms with Crippen molar-refractivity contribution in [1.29, 1.82) is 0 Å². The fourth-order valence-corrected chi connectivity index (χ4v) is 2.28. The van der Waals surface area contributed by atoms with Crippen molar-refractivity contribution >= 4 is 44.3 Å². The first-order valence-corrected chi connectivity index (χ1v) is 6.29. The quantitative estimate of drug-likeness (QED) is 0.889. The predicted molar refractivity (Wildman–Crippen MR) is 73.4 cm³/mol. The maximum Gasteiger partial charge on any atom is 0.129 e. The number of aromatic nitrogens is 1. The van der Waals surface area contributed by atoms with Crippen LogP contribution in [0.5, 0.6) is 0 Å². The van der Waals surface area contributed by atoms with Gasteiger partial charge in [-0.1, -0.05) is 27.5 Å². The molecule has 0 aliphatic heterocycles. The number of halogens is 2. The van der Waals surface area contributed by atoms with Crippen molar-refractivity contribution in [3.05, 3.63) is 33.3 Å². The molecule has 0 fully saturated rings. The zero-order chi connectivity index (χ0) is 11.7. The third-order valence-corrected chi connectivity index (χ3v) is 3.41. The van der Waals surface area contributed by atoms with E-state index in [0.29, 0.717) is 5.02 Å². The van der Waals surface area contributed by atoms with E-state index >= 15 is 0 Å². The molecule has 0 spiro atoms. The fraction of sp³-hybridized carbons (Fsp3) is 0.250. The average molecular weight is 300 g/mol. The summed E-state index contributed by atoms with van der Waals surface area (Å²) in [7, 11) is 0. The molecular weight excluding hydrogens is 288 g/mol. The average Bonchev–Trinajstić information content (AvgIpc) is 2.26. The van der Waals surface area contributed by atoms with Crippen molar-refractivity contribution in [2.45, 2.75) is 13.8 Å². The van der Waals surface area contributed by atoms with Crippen LogP contribution in [-0.2, 0) is 0 Å². The van der Waals surface area contributed by atoms with Gasteiger partial charge in [0.2, 0.25) is 0 Å². The summed E-state index contributed by atoms with van der Waals surface area (Å²) in [6, 6.07) is 5.89. The molecule has 4 heteroatoms. The Bertz CT molecular complexity index is 540. The number of rotatable bonds is 2. The number of anilines is 1. The first kappa shape index (κ1) is 11.7. The highest BCUT2D eigenvalue weighted by molar-refractivity contribution is 9.10. The predicted octanol–water partition coefficient (Wildman–Crippen LogP) is 4.39. The van der Waals surface area contributed by atoms with Crippen LogP contribution in [0.15, 0.2) is 22.7 Å². The van der Waals surface area contributed by atoms with Gasteiger partial charge >= 0.3 is 0 Å². The third kappa shape index (κ3) is 2.02. The number of fused-ring (bicyclic) bond motifs is 1. The minimum atomic E-state index is 0.678. The van der Waals surface area contributed by atoms with Gasteiger partial charge in [0, 0.05) is 16.4 Å². The molecule has 0 saturated heterocycles. The number of hydrogen-bond donors (Lipinski definition) is 1. The van der Waals surface area contributed by atoms with E-state index < -0.39 is 0 Å². The molecule has 0 bridgehead atoms. The van der Waals surface area contributed by atoms with Crippen molar-refractivity contribution in [3.63, 3.8) is 0 Å². The Labute approximate surface area is 108 Å². The fourth-order valence-electron chi connectivity index (χ4n) is 1.64. The summed E-state index contributed by atoms with van der Waals surface area (Å²) in [5.41, 5.74) is 1.95. The standard InChI is InChI=1S/C12H12BrClN2/c1-3-15-12-7(2)6-8-9(13)4-5-10(14)11(8)16-12/h4-6H,3H2,1-2H3,(H,15,16). The van der Waals surface area contributed by atoms with Crippen LogP contribution in [0.1, 0.15) is 12.5 Å². The Morgan fingerprint density at radius 2 is 2.19 bits per heavy atom. The van der Waals surface area contributed by atoms with Crippen LogP contribution in [0.25, 0.3) is 10.9 Å². The van der Waals surface area contributed by atoms with Gasteiger partial charge in [-0.2, -0.15) is 0 Å². The molecule has 0 atom stereocenters. The topological polar surface area (TPSA) is 24.9 Å². The lowest BCUT2D eigenvalue weighted by atomic mass is 10.1. The molecule has 0 saturated carbocycles. The van der Waals surface area contributed by atoms with E-state index in [1.165, 1.54) is 0 Å². The summed E-state index contributed by atoms with van der Waals surface area (Å²) < 4.78 is 1.02. The summed E-state index contributed by atoms with van der Waals surface area (Å²) in [4.78, 5) is 4.55. The second-order valence-corrected chi connectivity index (χ2v) is 4.87. The number of nitrogens with one attached hydrogen (secondary N) is 1. The molecule has 16 heavy (non-hydrogen) atoms. The highest BCUT2D eigenvalue weighted by atomic mass is 79.9. The summed E-state index contributed by atoms with van der Waals surface area (Å²) in [5, 5.41) is 4.96. The number of aryl methyl sites for hydroxylation is 1. The molecule has 1 heterocycles. The molecule has 2 nitrogen and oxygen atoms in total. The summed E-state index contributed by atoms with van der Waals surface area (Å²) >= 11 is 9.65. The Morgan fingerprint density at radius 1 is 1.44 bits per heavy atom. The van der Waals surface area contributed by atoms with E-state index in [-0.39, 0.29) is 0 Å². The van der Waals surface area contributed by atoms with Gasteiger partial charge in [-0.15, -0.1) is 0 Å². The van der Waals surface area contributed by atoms with E-state index in [0.717, 1.165) is 33.3 Å². The van der Waals surface area contributed by atoms with E-state index in [2.05, 4.69) is 32.3 Å². The Hall–Kier alpha value is -0.800. The van der Waals surface area contributed by atoms with Crippen LogP contribution in [-0.4, -0.2) is 11.5 Å². The smallest absolute Gasteiger partial charge is 0.129 e. The highest BCUT2D eigenvalue weighted by Gasteiger charge is 2.08. The molecular formula is C12H12BrClN2. The van der Waals surface area contributed by atoms with Crippen LogP contribution in [0.3, 0.4) is 0 Å². The Kier molecular flexibility index (Phi) is 3.36. The molecule has 0 radical (unpaired) electrons. The van der Waals surface area contributed by atoms with Gasteiger partial charge in [0.05, 0.1) is 10.5 Å².